The highest BCUT2D eigenvalue weighted by molar-refractivity contribution is 5.79. The van der Waals surface area contributed by atoms with Crippen LogP contribution in [0.3, 0.4) is 0 Å². The molecule has 0 aromatic heterocycles. The summed E-state index contributed by atoms with van der Waals surface area (Å²) in [6.45, 7) is 2.93. The molecule has 0 spiro atoms. The lowest BCUT2D eigenvalue weighted by molar-refractivity contribution is 0.389. The molecule has 0 aliphatic heterocycles. The van der Waals surface area contributed by atoms with Crippen LogP contribution in [0.1, 0.15) is 37.7 Å². The van der Waals surface area contributed by atoms with Crippen LogP contribution in [0.2, 0.25) is 0 Å². The molecular weight excluding hydrogens is 284 g/mol. The van der Waals surface area contributed by atoms with Gasteiger partial charge >= 0.3 is 0 Å². The minimum absolute atomic E-state index is 0.728. The van der Waals surface area contributed by atoms with E-state index in [2.05, 4.69) is 58.5 Å². The van der Waals surface area contributed by atoms with Gasteiger partial charge in [-0.15, -0.1) is 0 Å². The van der Waals surface area contributed by atoms with Crippen molar-refractivity contribution in [1.29, 1.82) is 0 Å². The second-order valence-electron chi connectivity index (χ2n) is 6.52. The van der Waals surface area contributed by atoms with Crippen LogP contribution in [0.4, 0.5) is 0 Å². The van der Waals surface area contributed by atoms with Crippen molar-refractivity contribution in [3.63, 3.8) is 0 Å². The summed E-state index contributed by atoms with van der Waals surface area (Å²) in [4.78, 5) is 9.00. The van der Waals surface area contributed by atoms with E-state index in [1.54, 1.807) is 0 Å². The zero-order chi connectivity index (χ0) is 16.9. The fraction of sp³-hybridized carbons (Fsp3) is 0.632. The first kappa shape index (κ1) is 19.5. The molecule has 4 heteroatoms. The van der Waals surface area contributed by atoms with Gasteiger partial charge in [0.2, 0.25) is 0 Å². The lowest BCUT2D eigenvalue weighted by atomic mass is 10.1. The zero-order valence-electron chi connectivity index (χ0n) is 15.4. The van der Waals surface area contributed by atoms with Crippen molar-refractivity contribution in [3.05, 3.63) is 35.9 Å². The number of nitrogens with one attached hydrogen (secondary N) is 1. The second-order valence-corrected chi connectivity index (χ2v) is 6.52. The number of benzene rings is 1. The molecule has 1 N–H and O–H groups in total. The quantitative estimate of drug-likeness (QED) is 0.408. The average Bonchev–Trinajstić information content (AvgIpc) is 2.53. The summed E-state index contributed by atoms with van der Waals surface area (Å²) in [5.74, 6) is 0.974. The van der Waals surface area contributed by atoms with E-state index in [0.717, 1.165) is 19.0 Å². The van der Waals surface area contributed by atoms with E-state index in [-0.39, 0.29) is 0 Å². The Kier molecular flexibility index (Phi) is 10.1. The Bertz CT molecular complexity index is 426. The van der Waals surface area contributed by atoms with E-state index in [4.69, 9.17) is 0 Å². The van der Waals surface area contributed by atoms with Gasteiger partial charge in [0.05, 0.1) is 6.54 Å². The standard InChI is InChI=1S/C19H34N4/c1-22(2)16-12-7-5-6-11-15-20-19(23(3)4)21-17-18-13-9-8-10-14-18/h8-10,13-14H,5-7,11-12,15-17H2,1-4H3,(H,20,21). The van der Waals surface area contributed by atoms with Crippen LogP contribution in [0.25, 0.3) is 0 Å². The van der Waals surface area contributed by atoms with E-state index >= 15 is 0 Å². The molecule has 0 radical (unpaired) electrons. The summed E-state index contributed by atoms with van der Waals surface area (Å²) >= 11 is 0. The molecule has 0 atom stereocenters. The average molecular weight is 319 g/mol. The molecule has 1 aromatic carbocycles. The van der Waals surface area contributed by atoms with Crippen molar-refractivity contribution < 1.29 is 0 Å². The minimum Gasteiger partial charge on any atom is -0.356 e. The van der Waals surface area contributed by atoms with Crippen LogP contribution >= 0.6 is 0 Å². The molecule has 0 fully saturated rings. The number of guanidine groups is 1. The van der Waals surface area contributed by atoms with Crippen LogP contribution in [0.15, 0.2) is 35.3 Å². The van der Waals surface area contributed by atoms with Gasteiger partial charge in [0, 0.05) is 20.6 Å². The first-order valence-electron chi connectivity index (χ1n) is 8.74. The molecule has 23 heavy (non-hydrogen) atoms. The molecule has 1 rings (SSSR count). The van der Waals surface area contributed by atoms with Crippen LogP contribution in [0.5, 0.6) is 0 Å². The van der Waals surface area contributed by atoms with Gasteiger partial charge in [0.25, 0.3) is 0 Å². The first-order valence-corrected chi connectivity index (χ1v) is 8.74. The fourth-order valence-electron chi connectivity index (χ4n) is 2.39. The van der Waals surface area contributed by atoms with E-state index in [1.165, 1.54) is 44.2 Å². The Morgan fingerprint density at radius 2 is 1.57 bits per heavy atom. The summed E-state index contributed by atoms with van der Waals surface area (Å²) in [6.07, 6.45) is 6.47. The summed E-state index contributed by atoms with van der Waals surface area (Å²) in [7, 11) is 8.36. The van der Waals surface area contributed by atoms with E-state index in [1.807, 2.05) is 20.2 Å². The van der Waals surface area contributed by atoms with E-state index in [0.29, 0.717) is 0 Å². The van der Waals surface area contributed by atoms with Gasteiger partial charge in [0.1, 0.15) is 0 Å². The van der Waals surface area contributed by atoms with Gasteiger partial charge in [-0.25, -0.2) is 4.99 Å². The molecule has 0 aliphatic carbocycles. The van der Waals surface area contributed by atoms with Crippen molar-refractivity contribution in [3.8, 4) is 0 Å². The highest BCUT2D eigenvalue weighted by atomic mass is 15.3. The van der Waals surface area contributed by atoms with Gasteiger partial charge in [-0.2, -0.15) is 0 Å². The highest BCUT2D eigenvalue weighted by Crippen LogP contribution is 2.03. The molecule has 0 bridgehead atoms. The molecule has 0 aliphatic rings. The zero-order valence-corrected chi connectivity index (χ0v) is 15.4. The molecular formula is C19H34N4. The van der Waals surface area contributed by atoms with Gasteiger partial charge in [-0.3, -0.25) is 0 Å². The predicted octanol–water partition coefficient (Wildman–Crippen LogP) is 3.21. The van der Waals surface area contributed by atoms with Gasteiger partial charge in [-0.05, 0) is 39.0 Å². The number of aliphatic imine (C=N–C) groups is 1. The normalized spacial score (nSPS) is 11.8. The maximum absolute atomic E-state index is 4.69. The summed E-state index contributed by atoms with van der Waals surface area (Å²) in [5, 5.41) is 3.47. The van der Waals surface area contributed by atoms with Crippen molar-refractivity contribution in [2.24, 2.45) is 4.99 Å². The van der Waals surface area contributed by atoms with E-state index < -0.39 is 0 Å². The summed E-state index contributed by atoms with van der Waals surface area (Å²) in [6, 6.07) is 10.4. The summed E-state index contributed by atoms with van der Waals surface area (Å²) < 4.78 is 0. The molecule has 1 aromatic rings. The smallest absolute Gasteiger partial charge is 0.193 e. The molecule has 0 heterocycles. The van der Waals surface area contributed by atoms with Crippen LogP contribution in [0, 0.1) is 0 Å². The van der Waals surface area contributed by atoms with Crippen molar-refractivity contribution in [2.45, 2.75) is 38.6 Å². The largest absolute Gasteiger partial charge is 0.356 e. The Morgan fingerprint density at radius 3 is 2.22 bits per heavy atom. The third-order valence-electron chi connectivity index (χ3n) is 3.74. The molecule has 130 valence electrons. The van der Waals surface area contributed by atoms with E-state index in [9.17, 15) is 0 Å². The Balaban J connectivity index is 2.18. The van der Waals surface area contributed by atoms with Crippen molar-refractivity contribution >= 4 is 5.96 Å². The minimum atomic E-state index is 0.728. The SMILES string of the molecule is CN(C)CCCCCCCNC(=NCc1ccccc1)N(C)C. The molecule has 0 amide bonds. The molecule has 0 unspecified atom stereocenters. The predicted molar refractivity (Wildman–Crippen MR) is 101 cm³/mol. The molecule has 4 nitrogen and oxygen atoms in total. The summed E-state index contributed by atoms with van der Waals surface area (Å²) in [5.41, 5.74) is 1.24. The highest BCUT2D eigenvalue weighted by Gasteiger charge is 2.01. The van der Waals surface area contributed by atoms with Crippen LogP contribution < -0.4 is 5.32 Å². The maximum Gasteiger partial charge on any atom is 0.193 e. The molecule has 0 saturated carbocycles. The number of rotatable bonds is 10. The maximum atomic E-state index is 4.69. The fourth-order valence-corrected chi connectivity index (χ4v) is 2.39. The topological polar surface area (TPSA) is 30.9 Å². The second kappa shape index (κ2) is 11.9. The van der Waals surface area contributed by atoms with Crippen LogP contribution in [-0.4, -0.2) is 57.0 Å². The van der Waals surface area contributed by atoms with Crippen LogP contribution in [-0.2, 0) is 6.54 Å². The third kappa shape index (κ3) is 9.95. The monoisotopic (exact) mass is 318 g/mol. The molecule has 0 saturated heterocycles. The third-order valence-corrected chi connectivity index (χ3v) is 3.74. The number of hydrogen-bond acceptors (Lipinski definition) is 2. The Hall–Kier alpha value is -1.55. The Labute approximate surface area is 142 Å². The van der Waals surface area contributed by atoms with Crippen molar-refractivity contribution in [1.82, 2.24) is 15.1 Å². The van der Waals surface area contributed by atoms with Gasteiger partial charge in [0.15, 0.2) is 5.96 Å². The van der Waals surface area contributed by atoms with Crippen molar-refractivity contribution in [2.75, 3.05) is 41.3 Å². The first-order chi connectivity index (χ1) is 11.1. The number of hydrogen-bond donors (Lipinski definition) is 1. The van der Waals surface area contributed by atoms with Gasteiger partial charge < -0.3 is 15.1 Å². The number of nitrogens with zero attached hydrogens (tertiary/aromatic N) is 3. The van der Waals surface area contributed by atoms with Gasteiger partial charge in [-0.1, -0.05) is 49.6 Å². The lowest BCUT2D eigenvalue weighted by Crippen LogP contribution is -2.37. The lowest BCUT2D eigenvalue weighted by Gasteiger charge is -2.17. The Morgan fingerprint density at radius 1 is 0.913 bits per heavy atom. The number of unbranched alkanes of at least 4 members (excludes halogenated alkanes) is 4.